The molecule has 12 rings (SSSR count). The molecule has 3 unspecified atom stereocenters. The Balaban J connectivity index is 0.000000659. The normalized spacial score (nSPS) is 12.9. The topological polar surface area (TPSA) is 317 Å². The second-order valence-corrected chi connectivity index (χ2v) is 38.0. The van der Waals surface area contributed by atoms with Crippen LogP contribution in [-0.2, 0) is 57.5 Å². The van der Waals surface area contributed by atoms with Crippen molar-refractivity contribution in [3.63, 3.8) is 0 Å². The Bertz CT molecular complexity index is 5840. The molecule has 0 saturated carbocycles. The van der Waals surface area contributed by atoms with Crippen LogP contribution in [0.5, 0.6) is 51.7 Å². The van der Waals surface area contributed by atoms with Crippen LogP contribution in [0.1, 0.15) is 192 Å². The maximum atomic E-state index is 14.2. The standard InChI is InChI=1S/C32H34ClF3N2O6.C31H32ClF3N2O6.C18H14BrClF3NO2.C14H21NO4.C8H19N.4CH4.Li.H2O/c1-19-14-21(33)7-9-26(19)28(29(39)38-12-10-20-6-8-23(18-27(20)38)44-32(34,35)36)37-22-15-24(41-4)17-25(16-22)43-13-11-31(2,3)30(40)42-5;1-18-13-20(32)6-8-25(18)27(28(38)37-11-9-19-5-7-22(17-26(19)37)43-31(33,34)35)36-21-14-23(41-4)16-24(15-21)42-12-10-30(2,3)29(39)40;1-10-8-12(20)3-5-14(10)16(19)17(25)24-7-6-11-2-4-13(9-15(11)24)26-18(21,22)23;1-14(2,13(16)18-4)5-6-19-12-8-10(15)7-11(9-12)17-3;1-6-9(7(2)3)8(4)5;;;;;;/h6-9,14-18,28,37H,10-13H2,1-5H3;5-8,13-17,27,36H,9-12H2,1-4H3,(H,39,40);2-5,8-9,16H,6-7H2,1H3;7-9H,5-6,15H2,1-4H3;7-8H,6H2,1-5H3;4*1H4;;1H2/q;;;;;;;;;+1;/p-1. The van der Waals surface area contributed by atoms with Crippen molar-refractivity contribution in [1.29, 1.82) is 0 Å². The van der Waals surface area contributed by atoms with E-state index in [-0.39, 0.29) is 116 Å². The first-order chi connectivity index (χ1) is 66.0. The average molecular weight is 2190 g/mol. The Morgan fingerprint density at radius 2 is 0.707 bits per heavy atom. The summed E-state index contributed by atoms with van der Waals surface area (Å²) in [5.41, 5.74) is 12.6. The van der Waals surface area contributed by atoms with Crippen LogP contribution < -0.4 is 92.6 Å². The number of nitrogen functional groups attached to an aromatic ring is 1. The quantitative estimate of drug-likeness (QED) is 0.00957. The second-order valence-electron chi connectivity index (χ2n) is 35.7. The number of aryl methyl sites for hydroxylation is 3. The Kier molecular flexibility index (Phi) is 51.9. The number of ether oxygens (including phenoxy) is 11. The third-order valence-corrected chi connectivity index (χ3v) is 25.0. The summed E-state index contributed by atoms with van der Waals surface area (Å²) in [4.78, 5) is 82.6. The van der Waals surface area contributed by atoms with Crippen molar-refractivity contribution in [2.75, 3.05) is 113 Å². The van der Waals surface area contributed by atoms with Gasteiger partial charge in [0.25, 0.3) is 11.8 Å². The Hall–Kier alpha value is -11.4. The number of anilines is 6. The Morgan fingerprint density at radius 3 is 0.986 bits per heavy atom. The minimum Gasteiger partial charge on any atom is -0.870 e. The van der Waals surface area contributed by atoms with Crippen molar-refractivity contribution < 1.29 is 150 Å². The number of esters is 2. The summed E-state index contributed by atoms with van der Waals surface area (Å²) in [6, 6.07) is 42.2. The molecule has 9 aromatic rings. The number of carboxylic acid groups (broad SMARTS) is 1. The van der Waals surface area contributed by atoms with Crippen LogP contribution in [0.15, 0.2) is 164 Å². The molecule has 3 heterocycles. The largest absolute Gasteiger partial charge is 1.00 e. The molecule has 3 amide bonds. The fourth-order valence-electron chi connectivity index (χ4n) is 15.6. The molecule has 40 heteroatoms. The molecule has 3 aliphatic rings. The van der Waals surface area contributed by atoms with Crippen LogP contribution in [0.3, 0.4) is 0 Å². The fourth-order valence-corrected chi connectivity index (χ4v) is 17.1. The number of methoxy groups -OCH3 is 5. The van der Waals surface area contributed by atoms with Crippen LogP contribution in [0, 0.1) is 37.0 Å². The van der Waals surface area contributed by atoms with Gasteiger partial charge in [0, 0.05) is 137 Å². The van der Waals surface area contributed by atoms with Crippen molar-refractivity contribution in [3.05, 3.63) is 229 Å². The summed E-state index contributed by atoms with van der Waals surface area (Å²) in [6.07, 6.45) is -11.8. The summed E-state index contributed by atoms with van der Waals surface area (Å²) in [5.74, 6) is -0.775. The second kappa shape index (κ2) is 58.0. The number of nitrogens with two attached hydrogens (primary N) is 1. The van der Waals surface area contributed by atoms with Crippen molar-refractivity contribution in [2.45, 2.75) is 213 Å². The van der Waals surface area contributed by atoms with E-state index in [1.165, 1.54) is 91.7 Å². The molecule has 6 N–H and O–H groups in total. The number of nitrogens with zero attached hydrogens (tertiary/aromatic N) is 4. The van der Waals surface area contributed by atoms with Gasteiger partial charge in [0.05, 0.1) is 88.7 Å². The van der Waals surface area contributed by atoms with Crippen LogP contribution >= 0.6 is 50.7 Å². The number of fused-ring (bicyclic) bond motifs is 3. The van der Waals surface area contributed by atoms with Crippen LogP contribution in [0.4, 0.5) is 73.6 Å². The molecular formula is C107H137BrCl3F9LiN7O19. The number of carbonyl (C=O) groups excluding carboxylic acids is 5. The zero-order valence-electron chi connectivity index (χ0n) is 83.3. The summed E-state index contributed by atoms with van der Waals surface area (Å²) in [6.45, 7) is 29.9. The van der Waals surface area contributed by atoms with Crippen molar-refractivity contribution >= 4 is 120 Å². The number of halogens is 13. The zero-order chi connectivity index (χ0) is 105. The van der Waals surface area contributed by atoms with Gasteiger partial charge in [-0.05, 0) is 240 Å². The molecule has 0 aliphatic carbocycles. The van der Waals surface area contributed by atoms with Crippen LogP contribution in [0.25, 0.3) is 0 Å². The average Bonchev–Trinajstić information content (AvgIpc) is 1.68. The van der Waals surface area contributed by atoms with E-state index < -0.39 is 75.6 Å². The van der Waals surface area contributed by atoms with Crippen LogP contribution in [-0.4, -0.2) is 164 Å². The molecule has 0 spiro atoms. The number of alkyl halides is 10. The number of carbonyl (C=O) groups is 6. The molecule has 3 atom stereocenters. The van der Waals surface area contributed by atoms with E-state index in [1.54, 1.807) is 157 Å². The van der Waals surface area contributed by atoms with Gasteiger partial charge in [0.1, 0.15) is 68.7 Å². The van der Waals surface area contributed by atoms with E-state index in [0.717, 1.165) is 45.5 Å². The molecule has 0 aromatic heterocycles. The predicted octanol–water partition coefficient (Wildman–Crippen LogP) is 23.8. The third-order valence-electron chi connectivity index (χ3n) is 23.4. The zero-order valence-corrected chi connectivity index (χ0v) is 87.1. The molecular weight excluding hydrogens is 2050 g/mol. The SMILES string of the molecule is C.C.C.C.CCN(C(C)C)C(C)C.COC(=O)C(C)(C)CCOc1cc(N)cc(OC)c1.COC(=O)C(C)(C)CCOc1cc(NC(C(=O)N2CCc3ccc(OC(F)(F)F)cc32)c2ccc(Cl)cc2C)cc(OC)c1.COc1cc(NC(C(=O)N2CCc3ccc(OC(F)(F)F)cc32)c2ccc(Cl)cc2C)cc(OCCC(C)(C)C(=O)O)c1.Cc1cc(Cl)ccc1C(Br)C(=O)N1CCc2ccc(OC(F)(F)F)cc21.[Li+].[OH-]. The van der Waals surface area contributed by atoms with E-state index >= 15 is 0 Å². The van der Waals surface area contributed by atoms with E-state index in [2.05, 4.69) is 80.3 Å². The van der Waals surface area contributed by atoms with Gasteiger partial charge in [0.15, 0.2) is 0 Å². The Labute approximate surface area is 892 Å². The molecule has 0 saturated heterocycles. The predicted molar refractivity (Wildman–Crippen MR) is 559 cm³/mol. The van der Waals surface area contributed by atoms with Crippen LogP contribution in [0.2, 0.25) is 15.1 Å². The number of hydrogen-bond acceptors (Lipinski definition) is 22. The summed E-state index contributed by atoms with van der Waals surface area (Å²) >= 11 is 21.8. The van der Waals surface area contributed by atoms with Crippen molar-refractivity contribution in [3.8, 4) is 51.7 Å². The van der Waals surface area contributed by atoms with Gasteiger partial charge in [-0.1, -0.05) is 124 Å². The van der Waals surface area contributed by atoms with Gasteiger partial charge in [-0.2, -0.15) is 0 Å². The number of rotatable bonds is 34. The summed E-state index contributed by atoms with van der Waals surface area (Å²) in [5, 5.41) is 17.5. The number of aliphatic carboxylic acids is 1. The molecule has 0 fully saturated rings. The monoisotopic (exact) mass is 2190 g/mol. The third kappa shape index (κ3) is 38.6. The maximum absolute atomic E-state index is 14.2. The van der Waals surface area contributed by atoms with Gasteiger partial charge < -0.3 is 93.8 Å². The van der Waals surface area contributed by atoms with E-state index in [1.807, 2.05) is 27.7 Å². The van der Waals surface area contributed by atoms with Crippen molar-refractivity contribution in [2.24, 2.45) is 16.2 Å². The van der Waals surface area contributed by atoms with Gasteiger partial charge >= 0.3 is 55.9 Å². The summed E-state index contributed by atoms with van der Waals surface area (Å²) in [7, 11) is 7.26. The smallest absolute Gasteiger partial charge is 0.870 e. The molecule has 3 aliphatic heterocycles. The number of hydrogen-bond donors (Lipinski definition) is 4. The molecule has 26 nitrogen and oxygen atoms in total. The first-order valence-electron chi connectivity index (χ1n) is 44.9. The van der Waals surface area contributed by atoms with Gasteiger partial charge in [-0.25, -0.2) is 0 Å². The molecule has 806 valence electrons. The van der Waals surface area contributed by atoms with E-state index in [4.69, 9.17) is 78.4 Å². The van der Waals surface area contributed by atoms with Gasteiger partial charge in [0.2, 0.25) is 5.91 Å². The van der Waals surface area contributed by atoms with Gasteiger partial charge in [-0.15, -0.1) is 39.5 Å². The minimum atomic E-state index is -4.87. The Morgan fingerprint density at radius 1 is 0.422 bits per heavy atom. The first kappa shape index (κ1) is 132. The first-order valence-corrected chi connectivity index (χ1v) is 47.0. The fraction of sp³-hybridized carbons (Fsp3) is 0.439. The number of benzene rings is 9. The molecule has 0 radical (unpaired) electrons. The molecule has 0 bridgehead atoms. The van der Waals surface area contributed by atoms with E-state index in [0.29, 0.717) is 152 Å². The summed E-state index contributed by atoms with van der Waals surface area (Å²) < 4.78 is 170. The molecule has 147 heavy (non-hydrogen) atoms. The maximum Gasteiger partial charge on any atom is 1.00 e. The van der Waals surface area contributed by atoms with Crippen molar-refractivity contribution in [1.82, 2.24) is 4.90 Å². The van der Waals surface area contributed by atoms with Gasteiger partial charge in [-0.3, -0.25) is 33.7 Å². The molecule has 9 aromatic carbocycles. The number of nitrogens with one attached hydrogen (secondary N) is 2. The number of amides is 3. The number of carboxylic acids is 1. The van der Waals surface area contributed by atoms with E-state index in [9.17, 15) is 73.4 Å². The minimum absolute atomic E-state index is 0.